The maximum absolute atomic E-state index is 5.80. The van der Waals surface area contributed by atoms with E-state index in [4.69, 9.17) is 15.2 Å². The first-order chi connectivity index (χ1) is 13.2. The number of fused-ring (bicyclic) bond motifs is 1. The summed E-state index contributed by atoms with van der Waals surface area (Å²) in [6.07, 6.45) is 3.35. The number of nitrogens with two attached hydrogens (primary N) is 1. The lowest BCUT2D eigenvalue weighted by atomic mass is 10.1. The number of rotatable bonds is 5. The van der Waals surface area contributed by atoms with Gasteiger partial charge in [-0.25, -0.2) is 9.97 Å². The Morgan fingerprint density at radius 3 is 2.70 bits per heavy atom. The zero-order valence-corrected chi connectivity index (χ0v) is 14.7. The molecule has 136 valence electrons. The molecule has 0 bridgehead atoms. The molecule has 4 N–H and O–H groups in total. The maximum Gasteiger partial charge on any atom is 0.221 e. The first-order valence-corrected chi connectivity index (χ1v) is 8.10. The molecule has 0 radical (unpaired) electrons. The number of hydrogen-bond acceptors (Lipinski definition) is 8. The molecule has 0 amide bonds. The standard InChI is InChI=1S/C18H17N7O2/c1-26-13-6-5-10(8-14(13)27-2)12-9-21-18(19)23-16(12)22-17-11-4-3-7-20-15(11)24-25-17/h3-9H,1-2H3,(H4,19,20,21,22,23,24,25). The summed E-state index contributed by atoms with van der Waals surface area (Å²) in [4.78, 5) is 12.7. The smallest absolute Gasteiger partial charge is 0.221 e. The second-order valence-electron chi connectivity index (χ2n) is 5.66. The Balaban J connectivity index is 1.79. The van der Waals surface area contributed by atoms with Gasteiger partial charge in [0.25, 0.3) is 0 Å². The van der Waals surface area contributed by atoms with Gasteiger partial charge in [0.05, 0.1) is 19.6 Å². The van der Waals surface area contributed by atoms with Gasteiger partial charge in [-0.2, -0.15) is 10.1 Å². The van der Waals surface area contributed by atoms with Crippen LogP contribution in [-0.2, 0) is 0 Å². The lowest BCUT2D eigenvalue weighted by Gasteiger charge is -2.13. The van der Waals surface area contributed by atoms with Crippen LogP contribution in [0.4, 0.5) is 17.6 Å². The molecule has 0 aliphatic carbocycles. The monoisotopic (exact) mass is 363 g/mol. The summed E-state index contributed by atoms with van der Waals surface area (Å²) < 4.78 is 10.7. The van der Waals surface area contributed by atoms with Gasteiger partial charge in [-0.05, 0) is 29.8 Å². The summed E-state index contributed by atoms with van der Waals surface area (Å²) >= 11 is 0. The molecule has 3 heterocycles. The van der Waals surface area contributed by atoms with Gasteiger partial charge in [0.2, 0.25) is 5.95 Å². The number of nitrogens with zero attached hydrogens (tertiary/aromatic N) is 4. The van der Waals surface area contributed by atoms with Gasteiger partial charge in [0.1, 0.15) is 5.82 Å². The van der Waals surface area contributed by atoms with Crippen molar-refractivity contribution in [3.63, 3.8) is 0 Å². The number of nitrogens with one attached hydrogen (secondary N) is 2. The first kappa shape index (κ1) is 16.6. The summed E-state index contributed by atoms with van der Waals surface area (Å²) in [7, 11) is 3.18. The van der Waals surface area contributed by atoms with Crippen molar-refractivity contribution in [2.24, 2.45) is 0 Å². The van der Waals surface area contributed by atoms with Crippen molar-refractivity contribution < 1.29 is 9.47 Å². The minimum atomic E-state index is 0.152. The van der Waals surface area contributed by atoms with Gasteiger partial charge < -0.3 is 20.5 Å². The van der Waals surface area contributed by atoms with E-state index in [1.165, 1.54) is 0 Å². The second-order valence-corrected chi connectivity index (χ2v) is 5.66. The van der Waals surface area contributed by atoms with Gasteiger partial charge in [0.15, 0.2) is 23.0 Å². The highest BCUT2D eigenvalue weighted by Crippen LogP contribution is 2.35. The van der Waals surface area contributed by atoms with Crippen molar-refractivity contribution >= 4 is 28.6 Å². The Kier molecular flexibility index (Phi) is 4.17. The van der Waals surface area contributed by atoms with Crippen LogP contribution in [0.2, 0.25) is 0 Å². The molecule has 3 aromatic heterocycles. The predicted molar refractivity (Wildman–Crippen MR) is 102 cm³/mol. The molecule has 0 aliphatic heterocycles. The third kappa shape index (κ3) is 3.06. The summed E-state index contributed by atoms with van der Waals surface area (Å²) in [5.74, 6) is 2.51. The molecule has 0 atom stereocenters. The quantitative estimate of drug-likeness (QED) is 0.494. The van der Waals surface area contributed by atoms with Crippen LogP contribution in [-0.4, -0.2) is 39.4 Å². The fourth-order valence-corrected chi connectivity index (χ4v) is 2.77. The number of pyridine rings is 1. The van der Waals surface area contributed by atoms with Gasteiger partial charge in [0, 0.05) is 18.0 Å². The van der Waals surface area contributed by atoms with Crippen LogP contribution < -0.4 is 20.5 Å². The molecule has 0 spiro atoms. The zero-order chi connectivity index (χ0) is 18.8. The fourth-order valence-electron chi connectivity index (χ4n) is 2.77. The molecule has 9 nitrogen and oxygen atoms in total. The minimum Gasteiger partial charge on any atom is -0.493 e. The lowest BCUT2D eigenvalue weighted by molar-refractivity contribution is 0.355. The van der Waals surface area contributed by atoms with Crippen LogP contribution in [0.15, 0.2) is 42.7 Å². The highest BCUT2D eigenvalue weighted by Gasteiger charge is 2.14. The Morgan fingerprint density at radius 2 is 1.89 bits per heavy atom. The third-order valence-corrected chi connectivity index (χ3v) is 4.08. The number of ether oxygens (including phenoxy) is 2. The van der Waals surface area contributed by atoms with Gasteiger partial charge in [-0.3, -0.25) is 5.10 Å². The molecule has 4 aromatic rings. The molecule has 4 rings (SSSR count). The largest absolute Gasteiger partial charge is 0.493 e. The van der Waals surface area contributed by atoms with E-state index in [-0.39, 0.29) is 5.95 Å². The van der Waals surface area contributed by atoms with Crippen LogP contribution in [0.5, 0.6) is 11.5 Å². The van der Waals surface area contributed by atoms with Crippen LogP contribution in [0.25, 0.3) is 22.2 Å². The molecule has 1 aromatic carbocycles. The topological polar surface area (TPSA) is 124 Å². The Hall–Kier alpha value is -3.88. The summed E-state index contributed by atoms with van der Waals surface area (Å²) in [6, 6.07) is 9.32. The van der Waals surface area contributed by atoms with Crippen molar-refractivity contribution in [2.75, 3.05) is 25.3 Å². The zero-order valence-electron chi connectivity index (χ0n) is 14.7. The molecule has 0 unspecified atom stereocenters. The van der Waals surface area contributed by atoms with Crippen molar-refractivity contribution in [3.8, 4) is 22.6 Å². The molecule has 27 heavy (non-hydrogen) atoms. The number of anilines is 3. The summed E-state index contributed by atoms with van der Waals surface area (Å²) in [5, 5.41) is 11.2. The van der Waals surface area contributed by atoms with Gasteiger partial charge >= 0.3 is 0 Å². The van der Waals surface area contributed by atoms with Crippen LogP contribution in [0.1, 0.15) is 0 Å². The van der Waals surface area contributed by atoms with Crippen LogP contribution in [0, 0.1) is 0 Å². The number of aromatic nitrogens is 5. The van der Waals surface area contributed by atoms with Crippen molar-refractivity contribution in [2.45, 2.75) is 0 Å². The van der Waals surface area contributed by atoms with Crippen LogP contribution >= 0.6 is 0 Å². The molecule has 0 fully saturated rings. The van der Waals surface area contributed by atoms with Crippen LogP contribution in [0.3, 0.4) is 0 Å². The lowest BCUT2D eigenvalue weighted by Crippen LogP contribution is -2.03. The van der Waals surface area contributed by atoms with E-state index in [1.807, 2.05) is 30.3 Å². The Bertz CT molecular complexity index is 1110. The van der Waals surface area contributed by atoms with E-state index in [0.717, 1.165) is 16.5 Å². The number of nitrogen functional groups attached to an aromatic ring is 1. The Morgan fingerprint density at radius 1 is 1.04 bits per heavy atom. The number of methoxy groups -OCH3 is 2. The van der Waals surface area contributed by atoms with Gasteiger partial charge in [-0.15, -0.1) is 0 Å². The fraction of sp³-hybridized carbons (Fsp3) is 0.111. The minimum absolute atomic E-state index is 0.152. The van der Waals surface area contributed by atoms with Gasteiger partial charge in [-0.1, -0.05) is 6.07 Å². The molecule has 0 saturated carbocycles. The maximum atomic E-state index is 5.80. The Labute approximate surface area is 154 Å². The van der Waals surface area contributed by atoms with E-state index < -0.39 is 0 Å². The number of benzene rings is 1. The van der Waals surface area contributed by atoms with Crippen molar-refractivity contribution in [1.82, 2.24) is 25.1 Å². The molecule has 9 heteroatoms. The van der Waals surface area contributed by atoms with Crippen molar-refractivity contribution in [3.05, 3.63) is 42.7 Å². The molecule has 0 aliphatic rings. The number of hydrogen-bond donors (Lipinski definition) is 3. The van der Waals surface area contributed by atoms with E-state index in [1.54, 1.807) is 26.6 Å². The van der Waals surface area contributed by atoms with Crippen molar-refractivity contribution in [1.29, 1.82) is 0 Å². The predicted octanol–water partition coefficient (Wildman–Crippen LogP) is 2.76. The number of aromatic amines is 1. The highest BCUT2D eigenvalue weighted by atomic mass is 16.5. The average molecular weight is 363 g/mol. The third-order valence-electron chi connectivity index (χ3n) is 4.08. The second kappa shape index (κ2) is 6.79. The average Bonchev–Trinajstić information content (AvgIpc) is 3.10. The number of H-pyrrole nitrogens is 1. The summed E-state index contributed by atoms with van der Waals surface area (Å²) in [6.45, 7) is 0. The first-order valence-electron chi connectivity index (χ1n) is 8.10. The molecular weight excluding hydrogens is 346 g/mol. The highest BCUT2D eigenvalue weighted by molar-refractivity contribution is 5.90. The summed E-state index contributed by atoms with van der Waals surface area (Å²) in [5.41, 5.74) is 8.06. The normalized spacial score (nSPS) is 10.7. The molecule has 0 saturated heterocycles. The SMILES string of the molecule is COc1ccc(-c2cnc(N)nc2Nc2n[nH]c3ncccc23)cc1OC. The molecular formula is C18H17N7O2. The van der Waals surface area contributed by atoms with E-state index in [9.17, 15) is 0 Å². The van der Waals surface area contributed by atoms with E-state index in [0.29, 0.717) is 28.8 Å². The van der Waals surface area contributed by atoms with E-state index in [2.05, 4.69) is 30.5 Å². The van der Waals surface area contributed by atoms with E-state index >= 15 is 0 Å².